The van der Waals surface area contributed by atoms with Crippen molar-refractivity contribution < 1.29 is 29.2 Å². The Kier molecular flexibility index (Phi) is 7.20. The number of benzene rings is 1. The molecule has 7 nitrogen and oxygen atoms in total. The first kappa shape index (κ1) is 24.0. The van der Waals surface area contributed by atoms with Gasteiger partial charge in [-0.15, -0.1) is 0 Å². The Morgan fingerprint density at radius 3 is 2.56 bits per heavy atom. The van der Waals surface area contributed by atoms with Gasteiger partial charge in [-0.3, -0.25) is 4.79 Å². The smallest absolute Gasteiger partial charge is 0.254 e. The van der Waals surface area contributed by atoms with Crippen LogP contribution in [0.1, 0.15) is 32.8 Å². The minimum Gasteiger partial charge on any atom is -0.388 e. The molecule has 0 saturated carbocycles. The molecule has 1 amide bonds. The number of methoxy groups -OCH3 is 1. The average molecular weight is 466 g/mol. The molecule has 3 aliphatic heterocycles. The molecular formula is C24H35NO6S. The van der Waals surface area contributed by atoms with Crippen molar-refractivity contribution in [3.05, 3.63) is 35.9 Å². The maximum atomic E-state index is 13.0. The third-order valence-electron chi connectivity index (χ3n) is 6.84. The summed E-state index contributed by atoms with van der Waals surface area (Å²) < 4.78 is 17.0. The third kappa shape index (κ3) is 4.33. The number of fused-ring (bicyclic) bond motifs is 1. The first-order valence-corrected chi connectivity index (χ1v) is 12.5. The molecule has 0 bridgehead atoms. The van der Waals surface area contributed by atoms with Gasteiger partial charge >= 0.3 is 0 Å². The summed E-state index contributed by atoms with van der Waals surface area (Å²) in [5.74, 6) is 0.109. The topological polar surface area (TPSA) is 88.5 Å². The Bertz CT molecular complexity index is 792. The maximum absolute atomic E-state index is 13.0. The van der Waals surface area contributed by atoms with Crippen molar-refractivity contribution in [1.82, 2.24) is 4.90 Å². The van der Waals surface area contributed by atoms with Crippen LogP contribution in [0.3, 0.4) is 0 Å². The molecule has 3 aliphatic rings. The fourth-order valence-corrected chi connectivity index (χ4v) is 6.89. The molecule has 3 saturated heterocycles. The number of β-lactam (4-membered cyclic amide) rings is 1. The van der Waals surface area contributed by atoms with Crippen LogP contribution in [0.5, 0.6) is 0 Å². The maximum Gasteiger partial charge on any atom is 0.254 e. The standard InChI is InChI=1S/C24H35NO6S/c1-5-11-32-22-15(12-14-9-7-6-8-10-14)17-21(29-4)23(28)25(17)18(22)20(27)19(26)16-13-30-24(2,3)31-16/h6-10,15-22,26-27H,5,11-13H2,1-4H3/t15-,16+,17+,18+,19+,20+,21-,22-/m0/s1. The third-order valence-corrected chi connectivity index (χ3v) is 8.50. The lowest BCUT2D eigenvalue weighted by atomic mass is 9.84. The molecule has 0 aliphatic carbocycles. The van der Waals surface area contributed by atoms with Crippen molar-refractivity contribution in [3.8, 4) is 0 Å². The second-order valence-corrected chi connectivity index (χ2v) is 10.7. The van der Waals surface area contributed by atoms with Crippen molar-refractivity contribution >= 4 is 17.7 Å². The van der Waals surface area contributed by atoms with Crippen LogP contribution in [0, 0.1) is 5.92 Å². The Hall–Kier alpha value is -1.16. The highest BCUT2D eigenvalue weighted by Gasteiger charge is 2.65. The zero-order valence-corrected chi connectivity index (χ0v) is 20.0. The van der Waals surface area contributed by atoms with E-state index in [1.165, 1.54) is 5.56 Å². The van der Waals surface area contributed by atoms with Crippen molar-refractivity contribution in [2.45, 2.75) is 81.1 Å². The van der Waals surface area contributed by atoms with E-state index in [2.05, 4.69) is 19.1 Å². The van der Waals surface area contributed by atoms with Crippen LogP contribution in [0.15, 0.2) is 30.3 Å². The van der Waals surface area contributed by atoms with E-state index in [-0.39, 0.29) is 29.7 Å². The first-order chi connectivity index (χ1) is 15.3. The summed E-state index contributed by atoms with van der Waals surface area (Å²) in [6, 6.07) is 9.60. The van der Waals surface area contributed by atoms with Gasteiger partial charge < -0.3 is 29.3 Å². The van der Waals surface area contributed by atoms with Gasteiger partial charge in [-0.2, -0.15) is 11.8 Å². The number of aliphatic hydroxyl groups excluding tert-OH is 2. The predicted molar refractivity (Wildman–Crippen MR) is 122 cm³/mol. The molecule has 32 heavy (non-hydrogen) atoms. The Balaban J connectivity index is 1.62. The SMILES string of the molecule is CCCS[C@H]1[C@@H](Cc2ccccc2)[C@@H]2[C@H](OC)C(=O)N2[C@@H]1[C@@H](O)[C@H](O)[C@H]1COC(C)(C)O1. The summed E-state index contributed by atoms with van der Waals surface area (Å²) in [5, 5.41) is 22.4. The molecule has 0 spiro atoms. The molecule has 0 unspecified atom stereocenters. The molecule has 3 heterocycles. The molecule has 3 fully saturated rings. The number of amides is 1. The van der Waals surface area contributed by atoms with Gasteiger partial charge in [0.2, 0.25) is 0 Å². The van der Waals surface area contributed by atoms with Crippen LogP contribution in [-0.4, -0.2) is 88.0 Å². The van der Waals surface area contributed by atoms with E-state index in [4.69, 9.17) is 14.2 Å². The van der Waals surface area contributed by atoms with Crippen LogP contribution >= 0.6 is 11.8 Å². The van der Waals surface area contributed by atoms with Crippen LogP contribution in [-0.2, 0) is 25.4 Å². The Labute approximate surface area is 194 Å². The predicted octanol–water partition coefficient (Wildman–Crippen LogP) is 1.84. The van der Waals surface area contributed by atoms with Gasteiger partial charge in [0.05, 0.1) is 18.7 Å². The van der Waals surface area contributed by atoms with E-state index < -0.39 is 36.2 Å². The highest BCUT2D eigenvalue weighted by molar-refractivity contribution is 8.00. The van der Waals surface area contributed by atoms with E-state index in [0.29, 0.717) is 0 Å². The van der Waals surface area contributed by atoms with E-state index >= 15 is 0 Å². The molecule has 2 N–H and O–H groups in total. The summed E-state index contributed by atoms with van der Waals surface area (Å²) >= 11 is 1.78. The summed E-state index contributed by atoms with van der Waals surface area (Å²) in [7, 11) is 1.57. The van der Waals surface area contributed by atoms with E-state index in [0.717, 1.165) is 18.6 Å². The van der Waals surface area contributed by atoms with Crippen LogP contribution in [0.25, 0.3) is 0 Å². The fraction of sp³-hybridized carbons (Fsp3) is 0.708. The Morgan fingerprint density at radius 1 is 1.25 bits per heavy atom. The number of thioether (sulfide) groups is 1. The lowest BCUT2D eigenvalue weighted by Crippen LogP contribution is -2.68. The molecular weight excluding hydrogens is 430 g/mol. The van der Waals surface area contributed by atoms with Gasteiger partial charge in [0.1, 0.15) is 18.3 Å². The highest BCUT2D eigenvalue weighted by atomic mass is 32.2. The van der Waals surface area contributed by atoms with Gasteiger partial charge in [-0.25, -0.2) is 0 Å². The molecule has 8 atom stereocenters. The van der Waals surface area contributed by atoms with Crippen LogP contribution in [0.4, 0.5) is 0 Å². The lowest BCUT2D eigenvalue weighted by Gasteiger charge is -2.47. The molecule has 8 heteroatoms. The number of hydrogen-bond acceptors (Lipinski definition) is 7. The zero-order chi connectivity index (χ0) is 23.0. The largest absolute Gasteiger partial charge is 0.388 e. The monoisotopic (exact) mass is 465 g/mol. The second kappa shape index (κ2) is 9.60. The van der Waals surface area contributed by atoms with Crippen molar-refractivity contribution in [2.75, 3.05) is 19.5 Å². The van der Waals surface area contributed by atoms with Gasteiger partial charge in [-0.05, 0) is 38.0 Å². The minimum atomic E-state index is -1.16. The average Bonchev–Trinajstić information content (AvgIpc) is 3.27. The molecule has 1 aromatic carbocycles. The van der Waals surface area contributed by atoms with E-state index in [9.17, 15) is 15.0 Å². The second-order valence-electron chi connectivity index (χ2n) is 9.42. The summed E-state index contributed by atoms with van der Waals surface area (Å²) in [6.45, 7) is 5.90. The number of ether oxygens (including phenoxy) is 3. The zero-order valence-electron chi connectivity index (χ0n) is 19.2. The van der Waals surface area contributed by atoms with E-state index in [1.807, 2.05) is 18.2 Å². The van der Waals surface area contributed by atoms with Crippen molar-refractivity contribution in [3.63, 3.8) is 0 Å². The summed E-state index contributed by atoms with van der Waals surface area (Å²) in [6.07, 6.45) is -1.67. The van der Waals surface area contributed by atoms with Crippen LogP contribution < -0.4 is 0 Å². The van der Waals surface area contributed by atoms with Crippen LogP contribution in [0.2, 0.25) is 0 Å². The van der Waals surface area contributed by atoms with Gasteiger partial charge in [0.25, 0.3) is 5.91 Å². The number of hydrogen-bond donors (Lipinski definition) is 2. The quantitative estimate of drug-likeness (QED) is 0.538. The number of carbonyl (C=O) groups is 1. The highest BCUT2D eigenvalue weighted by Crippen LogP contribution is 2.49. The summed E-state index contributed by atoms with van der Waals surface area (Å²) in [5.41, 5.74) is 1.19. The first-order valence-electron chi connectivity index (χ1n) is 11.5. The fourth-order valence-electron chi connectivity index (χ4n) is 5.39. The summed E-state index contributed by atoms with van der Waals surface area (Å²) in [4.78, 5) is 14.8. The van der Waals surface area contributed by atoms with Crippen molar-refractivity contribution in [2.24, 2.45) is 5.92 Å². The van der Waals surface area contributed by atoms with Crippen molar-refractivity contribution in [1.29, 1.82) is 0 Å². The molecule has 0 aromatic heterocycles. The molecule has 0 radical (unpaired) electrons. The number of nitrogens with zero attached hydrogens (tertiary/aromatic N) is 1. The number of aliphatic hydroxyl groups is 2. The number of rotatable bonds is 9. The number of carbonyl (C=O) groups excluding carboxylic acids is 1. The molecule has 1 aromatic rings. The van der Waals surface area contributed by atoms with Gasteiger partial charge in [0, 0.05) is 18.3 Å². The van der Waals surface area contributed by atoms with E-state index in [1.54, 1.807) is 37.6 Å². The lowest BCUT2D eigenvalue weighted by molar-refractivity contribution is -0.184. The molecule has 4 rings (SSSR count). The Morgan fingerprint density at radius 2 is 1.97 bits per heavy atom. The van der Waals surface area contributed by atoms with Gasteiger partial charge in [0.15, 0.2) is 11.9 Å². The normalized spacial score (nSPS) is 35.4. The molecule has 178 valence electrons. The minimum absolute atomic E-state index is 0.0239. The van der Waals surface area contributed by atoms with Gasteiger partial charge in [-0.1, -0.05) is 37.3 Å².